The van der Waals surface area contributed by atoms with Crippen molar-refractivity contribution in [2.45, 2.75) is 12.5 Å². The van der Waals surface area contributed by atoms with Gasteiger partial charge in [-0.15, -0.1) is 11.6 Å². The van der Waals surface area contributed by atoms with Gasteiger partial charge in [0.25, 0.3) is 5.91 Å². The molecule has 0 aromatic rings. The number of ether oxygens (including phenoxy) is 2. The summed E-state index contributed by atoms with van der Waals surface area (Å²) >= 11 is 5.77. The molecule has 0 radical (unpaired) electrons. The lowest BCUT2D eigenvalue weighted by Crippen LogP contribution is -2.44. The molecule has 86 valence electrons. The van der Waals surface area contributed by atoms with E-state index in [4.69, 9.17) is 21.1 Å². The van der Waals surface area contributed by atoms with Crippen LogP contribution in [-0.4, -0.2) is 55.7 Å². The fraction of sp³-hybridized carbons (Fsp3) is 0.900. The van der Waals surface area contributed by atoms with Crippen molar-refractivity contribution in [1.29, 1.82) is 0 Å². The molecule has 2 fully saturated rings. The van der Waals surface area contributed by atoms with E-state index in [9.17, 15) is 4.79 Å². The second kappa shape index (κ2) is 5.14. The summed E-state index contributed by atoms with van der Waals surface area (Å²) in [6, 6.07) is 0. The molecular weight excluding hydrogens is 218 g/mol. The fourth-order valence-corrected chi connectivity index (χ4v) is 2.24. The van der Waals surface area contributed by atoms with Crippen LogP contribution in [0.2, 0.25) is 0 Å². The molecule has 0 saturated carbocycles. The molecule has 2 rings (SSSR count). The summed E-state index contributed by atoms with van der Waals surface area (Å²) < 4.78 is 10.6. The molecule has 0 aromatic heterocycles. The van der Waals surface area contributed by atoms with E-state index in [0.717, 1.165) is 19.5 Å². The van der Waals surface area contributed by atoms with Crippen molar-refractivity contribution < 1.29 is 14.3 Å². The van der Waals surface area contributed by atoms with Gasteiger partial charge in [0.2, 0.25) is 0 Å². The molecule has 0 spiro atoms. The molecule has 2 unspecified atom stereocenters. The highest BCUT2D eigenvalue weighted by Crippen LogP contribution is 2.19. The minimum Gasteiger partial charge on any atom is -0.376 e. The van der Waals surface area contributed by atoms with Gasteiger partial charge in [-0.1, -0.05) is 0 Å². The molecular formula is C10H16ClNO3. The average molecular weight is 234 g/mol. The van der Waals surface area contributed by atoms with Crippen molar-refractivity contribution in [2.75, 3.05) is 38.8 Å². The second-order valence-electron chi connectivity index (χ2n) is 4.03. The van der Waals surface area contributed by atoms with Gasteiger partial charge in [0.1, 0.15) is 0 Å². The summed E-state index contributed by atoms with van der Waals surface area (Å²) in [5, 5.41) is 0. The van der Waals surface area contributed by atoms with E-state index >= 15 is 0 Å². The largest absolute Gasteiger partial charge is 0.376 e. The molecule has 0 aliphatic carbocycles. The highest BCUT2D eigenvalue weighted by atomic mass is 35.5. The Morgan fingerprint density at radius 3 is 2.93 bits per heavy atom. The van der Waals surface area contributed by atoms with Gasteiger partial charge in [-0.25, -0.2) is 0 Å². The SMILES string of the molecule is O=C(C1COCCO1)N1CCC(CCl)C1. The Morgan fingerprint density at radius 1 is 1.47 bits per heavy atom. The van der Waals surface area contributed by atoms with Crippen molar-refractivity contribution in [3.63, 3.8) is 0 Å². The Balaban J connectivity index is 1.85. The van der Waals surface area contributed by atoms with Crippen LogP contribution in [0.5, 0.6) is 0 Å². The topological polar surface area (TPSA) is 38.8 Å². The zero-order chi connectivity index (χ0) is 10.7. The first-order valence-corrected chi connectivity index (χ1v) is 5.89. The zero-order valence-corrected chi connectivity index (χ0v) is 9.41. The maximum atomic E-state index is 11.9. The van der Waals surface area contributed by atoms with E-state index in [2.05, 4.69) is 0 Å². The van der Waals surface area contributed by atoms with Crippen LogP contribution in [0.25, 0.3) is 0 Å². The van der Waals surface area contributed by atoms with Crippen LogP contribution in [0.1, 0.15) is 6.42 Å². The first-order valence-electron chi connectivity index (χ1n) is 5.35. The third-order valence-electron chi connectivity index (χ3n) is 2.91. The van der Waals surface area contributed by atoms with Crippen LogP contribution in [0, 0.1) is 5.92 Å². The quantitative estimate of drug-likeness (QED) is 0.652. The van der Waals surface area contributed by atoms with Crippen molar-refractivity contribution in [3.8, 4) is 0 Å². The first-order chi connectivity index (χ1) is 7.31. The van der Waals surface area contributed by atoms with Crippen LogP contribution >= 0.6 is 11.6 Å². The highest BCUT2D eigenvalue weighted by Gasteiger charge is 2.32. The molecule has 2 heterocycles. The van der Waals surface area contributed by atoms with Gasteiger partial charge in [0.05, 0.1) is 19.8 Å². The lowest BCUT2D eigenvalue weighted by molar-refractivity contribution is -0.157. The van der Waals surface area contributed by atoms with Gasteiger partial charge in [-0.2, -0.15) is 0 Å². The van der Waals surface area contributed by atoms with E-state index in [0.29, 0.717) is 31.6 Å². The first kappa shape index (κ1) is 11.2. The lowest BCUT2D eigenvalue weighted by atomic mass is 10.2. The molecule has 2 aliphatic rings. The standard InChI is InChI=1S/C10H16ClNO3/c11-5-8-1-2-12(6-8)10(13)9-7-14-3-4-15-9/h8-9H,1-7H2. The Labute approximate surface area is 94.5 Å². The minimum atomic E-state index is -0.396. The summed E-state index contributed by atoms with van der Waals surface area (Å²) in [7, 11) is 0. The smallest absolute Gasteiger partial charge is 0.254 e. The van der Waals surface area contributed by atoms with Gasteiger partial charge in [-0.3, -0.25) is 4.79 Å². The number of likely N-dealkylation sites (tertiary alicyclic amines) is 1. The Bertz CT molecular complexity index is 231. The Kier molecular flexibility index (Phi) is 3.83. The lowest BCUT2D eigenvalue weighted by Gasteiger charge is -2.26. The predicted molar refractivity (Wildman–Crippen MR) is 56.0 cm³/mol. The Morgan fingerprint density at radius 2 is 2.33 bits per heavy atom. The maximum absolute atomic E-state index is 11.9. The van der Waals surface area contributed by atoms with E-state index in [-0.39, 0.29) is 5.91 Å². The van der Waals surface area contributed by atoms with Crippen LogP contribution in [0.15, 0.2) is 0 Å². The van der Waals surface area contributed by atoms with Gasteiger partial charge >= 0.3 is 0 Å². The molecule has 0 bridgehead atoms. The molecule has 2 aliphatic heterocycles. The fourth-order valence-electron chi connectivity index (χ4n) is 1.99. The van der Waals surface area contributed by atoms with Crippen molar-refractivity contribution in [1.82, 2.24) is 4.90 Å². The summed E-state index contributed by atoms with van der Waals surface area (Å²) in [5.74, 6) is 1.13. The number of nitrogens with zero attached hydrogens (tertiary/aromatic N) is 1. The summed E-state index contributed by atoms with van der Waals surface area (Å²) in [6.07, 6.45) is 0.607. The van der Waals surface area contributed by atoms with E-state index in [1.165, 1.54) is 0 Å². The highest BCUT2D eigenvalue weighted by molar-refractivity contribution is 6.18. The summed E-state index contributed by atoms with van der Waals surface area (Å²) in [4.78, 5) is 13.8. The number of carbonyl (C=O) groups is 1. The number of rotatable bonds is 2. The molecule has 5 heteroatoms. The van der Waals surface area contributed by atoms with Gasteiger partial charge in [-0.05, 0) is 12.3 Å². The molecule has 15 heavy (non-hydrogen) atoms. The number of halogens is 1. The third-order valence-corrected chi connectivity index (χ3v) is 3.34. The average Bonchev–Trinajstić information content (AvgIpc) is 2.78. The van der Waals surface area contributed by atoms with Gasteiger partial charge < -0.3 is 14.4 Å². The Hall–Kier alpha value is -0.320. The minimum absolute atomic E-state index is 0.0577. The van der Waals surface area contributed by atoms with E-state index in [1.807, 2.05) is 4.90 Å². The maximum Gasteiger partial charge on any atom is 0.254 e. The number of hydrogen-bond acceptors (Lipinski definition) is 3. The van der Waals surface area contributed by atoms with Crippen LogP contribution in [-0.2, 0) is 14.3 Å². The molecule has 0 N–H and O–H groups in total. The van der Waals surface area contributed by atoms with Crippen molar-refractivity contribution >= 4 is 17.5 Å². The zero-order valence-electron chi connectivity index (χ0n) is 8.65. The molecule has 4 nitrogen and oxygen atoms in total. The van der Waals surface area contributed by atoms with Gasteiger partial charge in [0, 0.05) is 19.0 Å². The van der Waals surface area contributed by atoms with E-state index in [1.54, 1.807) is 0 Å². The normalized spacial score (nSPS) is 31.9. The monoisotopic (exact) mass is 233 g/mol. The van der Waals surface area contributed by atoms with Crippen LogP contribution in [0.4, 0.5) is 0 Å². The second-order valence-corrected chi connectivity index (χ2v) is 4.34. The third kappa shape index (κ3) is 2.62. The predicted octanol–water partition coefficient (Wildman–Crippen LogP) is 0.489. The van der Waals surface area contributed by atoms with E-state index < -0.39 is 6.10 Å². The molecule has 2 atom stereocenters. The summed E-state index contributed by atoms with van der Waals surface area (Å²) in [5.41, 5.74) is 0. The number of alkyl halides is 1. The number of amides is 1. The molecule has 2 saturated heterocycles. The van der Waals surface area contributed by atoms with Crippen molar-refractivity contribution in [2.24, 2.45) is 5.92 Å². The van der Waals surface area contributed by atoms with Crippen LogP contribution < -0.4 is 0 Å². The summed E-state index contributed by atoms with van der Waals surface area (Å²) in [6.45, 7) is 3.07. The molecule has 0 aromatic carbocycles. The number of hydrogen-bond donors (Lipinski definition) is 0. The van der Waals surface area contributed by atoms with Crippen molar-refractivity contribution in [3.05, 3.63) is 0 Å². The van der Waals surface area contributed by atoms with Crippen LogP contribution in [0.3, 0.4) is 0 Å². The van der Waals surface area contributed by atoms with Gasteiger partial charge in [0.15, 0.2) is 6.10 Å². The number of carbonyl (C=O) groups excluding carboxylic acids is 1. The molecule has 1 amide bonds.